The maximum absolute atomic E-state index is 11.1. The Balaban J connectivity index is 2.02. The van der Waals surface area contributed by atoms with Crippen molar-refractivity contribution >= 4 is 6.03 Å². The molecule has 1 heterocycles. The Labute approximate surface area is 79.7 Å². The number of urea groups is 1. The molecule has 1 rings (SSSR count). The van der Waals surface area contributed by atoms with E-state index >= 15 is 0 Å². The molecule has 0 aliphatic carbocycles. The van der Waals surface area contributed by atoms with Gasteiger partial charge in [-0.1, -0.05) is 13.8 Å². The quantitative estimate of drug-likeness (QED) is 0.609. The minimum atomic E-state index is 0.0875. The van der Waals surface area contributed by atoms with Crippen LogP contribution in [0.1, 0.15) is 20.3 Å². The largest absolute Gasteiger partial charge is 0.336 e. The van der Waals surface area contributed by atoms with Gasteiger partial charge in [-0.2, -0.15) is 0 Å². The van der Waals surface area contributed by atoms with Gasteiger partial charge in [0.05, 0.1) is 0 Å². The number of rotatable bonds is 5. The van der Waals surface area contributed by atoms with Crippen LogP contribution in [-0.2, 0) is 0 Å². The average Bonchev–Trinajstić information content (AvgIpc) is 2.45. The molecule has 0 spiro atoms. The fourth-order valence-corrected chi connectivity index (χ4v) is 1.39. The third-order valence-electron chi connectivity index (χ3n) is 2.10. The van der Waals surface area contributed by atoms with Crippen LogP contribution in [-0.4, -0.2) is 43.2 Å². The highest BCUT2D eigenvalue weighted by atomic mass is 16.2. The van der Waals surface area contributed by atoms with E-state index in [1.54, 1.807) is 0 Å². The molecule has 76 valence electrons. The lowest BCUT2D eigenvalue weighted by atomic mass is 10.3. The maximum atomic E-state index is 11.1. The van der Waals surface area contributed by atoms with Crippen molar-refractivity contribution in [1.29, 1.82) is 0 Å². The third-order valence-corrected chi connectivity index (χ3v) is 2.10. The van der Waals surface area contributed by atoms with E-state index in [0.717, 1.165) is 32.6 Å². The summed E-state index contributed by atoms with van der Waals surface area (Å²) in [7, 11) is 0. The van der Waals surface area contributed by atoms with Gasteiger partial charge in [0.25, 0.3) is 0 Å². The summed E-state index contributed by atoms with van der Waals surface area (Å²) in [4.78, 5) is 13.0. The van der Waals surface area contributed by atoms with Gasteiger partial charge in [-0.05, 0) is 13.0 Å². The van der Waals surface area contributed by atoms with Crippen LogP contribution >= 0.6 is 0 Å². The Hall–Kier alpha value is -0.770. The van der Waals surface area contributed by atoms with E-state index in [4.69, 9.17) is 0 Å². The van der Waals surface area contributed by atoms with Crippen LogP contribution < -0.4 is 10.6 Å². The number of nitrogens with one attached hydrogen (secondary N) is 2. The lowest BCUT2D eigenvalue weighted by molar-refractivity contribution is 0.216. The molecule has 4 nitrogen and oxygen atoms in total. The summed E-state index contributed by atoms with van der Waals surface area (Å²) in [6.07, 6.45) is 1.03. The molecule has 1 saturated heterocycles. The summed E-state index contributed by atoms with van der Waals surface area (Å²) >= 11 is 0. The van der Waals surface area contributed by atoms with Crippen LogP contribution in [0.2, 0.25) is 0 Å². The fraction of sp³-hybridized carbons (Fsp3) is 0.889. The van der Waals surface area contributed by atoms with E-state index in [1.807, 2.05) is 4.90 Å². The molecular formula is C9H19N3O. The average molecular weight is 185 g/mol. The van der Waals surface area contributed by atoms with Gasteiger partial charge in [0.15, 0.2) is 0 Å². The first-order chi connectivity index (χ1) is 6.20. The Kier molecular flexibility index (Phi) is 4.02. The molecule has 1 fully saturated rings. The van der Waals surface area contributed by atoms with Gasteiger partial charge in [-0.25, -0.2) is 4.79 Å². The van der Waals surface area contributed by atoms with Crippen molar-refractivity contribution in [1.82, 2.24) is 15.5 Å². The summed E-state index contributed by atoms with van der Waals surface area (Å²) in [6, 6.07) is 0.622. The van der Waals surface area contributed by atoms with Crippen molar-refractivity contribution in [3.63, 3.8) is 0 Å². The lowest BCUT2D eigenvalue weighted by Gasteiger charge is -2.14. The number of nitrogens with zero attached hydrogens (tertiary/aromatic N) is 1. The van der Waals surface area contributed by atoms with E-state index in [2.05, 4.69) is 24.5 Å². The predicted octanol–water partition coefficient (Wildman–Crippen LogP) is 0.400. The highest BCUT2D eigenvalue weighted by Crippen LogP contribution is 1.97. The van der Waals surface area contributed by atoms with Gasteiger partial charge < -0.3 is 15.5 Å². The van der Waals surface area contributed by atoms with Crippen LogP contribution in [0.15, 0.2) is 0 Å². The van der Waals surface area contributed by atoms with E-state index in [1.165, 1.54) is 0 Å². The monoisotopic (exact) mass is 185 g/mol. The predicted molar refractivity (Wildman–Crippen MR) is 52.7 cm³/mol. The zero-order valence-electron chi connectivity index (χ0n) is 8.47. The second-order valence-corrected chi connectivity index (χ2v) is 3.68. The molecule has 0 aromatic heterocycles. The molecule has 0 saturated carbocycles. The third kappa shape index (κ3) is 3.63. The van der Waals surface area contributed by atoms with E-state index in [-0.39, 0.29) is 6.03 Å². The molecule has 0 unspecified atom stereocenters. The summed E-state index contributed by atoms with van der Waals surface area (Å²) in [5.74, 6) is 0. The topological polar surface area (TPSA) is 44.4 Å². The minimum absolute atomic E-state index is 0.0875. The number of carbonyl (C=O) groups excluding carboxylic acids is 1. The highest BCUT2D eigenvalue weighted by Gasteiger charge is 2.17. The summed E-state index contributed by atoms with van der Waals surface area (Å²) in [5, 5.41) is 6.11. The molecule has 1 aliphatic rings. The fourth-order valence-electron chi connectivity index (χ4n) is 1.39. The maximum Gasteiger partial charge on any atom is 0.317 e. The number of hydrogen-bond acceptors (Lipinski definition) is 2. The number of hydrogen-bond donors (Lipinski definition) is 2. The Morgan fingerprint density at radius 3 is 2.92 bits per heavy atom. The van der Waals surface area contributed by atoms with Crippen molar-refractivity contribution < 1.29 is 4.79 Å². The molecule has 0 aromatic carbocycles. The first-order valence-corrected chi connectivity index (χ1v) is 4.96. The Bertz CT molecular complexity index is 170. The van der Waals surface area contributed by atoms with E-state index in [9.17, 15) is 4.79 Å². The van der Waals surface area contributed by atoms with Crippen LogP contribution in [0.3, 0.4) is 0 Å². The van der Waals surface area contributed by atoms with E-state index in [0.29, 0.717) is 6.04 Å². The molecule has 0 radical (unpaired) electrons. The smallest absolute Gasteiger partial charge is 0.317 e. The van der Waals surface area contributed by atoms with Gasteiger partial charge in [-0.3, -0.25) is 0 Å². The molecule has 1 aliphatic heterocycles. The van der Waals surface area contributed by atoms with Gasteiger partial charge in [-0.15, -0.1) is 0 Å². The van der Waals surface area contributed by atoms with Gasteiger partial charge in [0.1, 0.15) is 0 Å². The summed E-state index contributed by atoms with van der Waals surface area (Å²) in [5.41, 5.74) is 0. The molecule has 2 amide bonds. The molecule has 0 aromatic rings. The standard InChI is InChI=1S/C9H19N3O/c1-8(2)10-4-3-6-12-7-5-11-9(12)13/h8,10H,3-7H2,1-2H3,(H,11,13). The molecular weight excluding hydrogens is 166 g/mol. The van der Waals surface area contributed by atoms with Gasteiger partial charge in [0.2, 0.25) is 0 Å². The minimum Gasteiger partial charge on any atom is -0.336 e. The molecule has 0 atom stereocenters. The number of carbonyl (C=O) groups is 1. The Morgan fingerprint density at radius 2 is 2.38 bits per heavy atom. The van der Waals surface area contributed by atoms with Crippen LogP contribution in [0.25, 0.3) is 0 Å². The normalized spacial score (nSPS) is 16.8. The van der Waals surface area contributed by atoms with Crippen molar-refractivity contribution in [2.75, 3.05) is 26.2 Å². The van der Waals surface area contributed by atoms with Crippen LogP contribution in [0, 0.1) is 0 Å². The van der Waals surface area contributed by atoms with Crippen molar-refractivity contribution in [2.45, 2.75) is 26.3 Å². The highest BCUT2D eigenvalue weighted by molar-refractivity contribution is 5.76. The Morgan fingerprint density at radius 1 is 1.62 bits per heavy atom. The van der Waals surface area contributed by atoms with E-state index < -0.39 is 0 Å². The zero-order valence-corrected chi connectivity index (χ0v) is 8.47. The summed E-state index contributed by atoms with van der Waals surface area (Å²) < 4.78 is 0. The zero-order chi connectivity index (χ0) is 9.68. The molecule has 2 N–H and O–H groups in total. The van der Waals surface area contributed by atoms with Crippen LogP contribution in [0.5, 0.6) is 0 Å². The summed E-state index contributed by atoms with van der Waals surface area (Å²) in [6.45, 7) is 7.77. The second-order valence-electron chi connectivity index (χ2n) is 3.68. The van der Waals surface area contributed by atoms with Crippen molar-refractivity contribution in [3.05, 3.63) is 0 Å². The second kappa shape index (κ2) is 5.07. The SMILES string of the molecule is CC(C)NCCCN1CCNC1=O. The van der Waals surface area contributed by atoms with Crippen molar-refractivity contribution in [2.24, 2.45) is 0 Å². The van der Waals surface area contributed by atoms with Crippen molar-refractivity contribution in [3.8, 4) is 0 Å². The first kappa shape index (κ1) is 10.3. The molecule has 13 heavy (non-hydrogen) atoms. The molecule has 4 heteroatoms. The van der Waals surface area contributed by atoms with Gasteiger partial charge in [0, 0.05) is 25.7 Å². The lowest BCUT2D eigenvalue weighted by Crippen LogP contribution is -2.32. The first-order valence-electron chi connectivity index (χ1n) is 4.96. The number of amides is 2. The van der Waals surface area contributed by atoms with Gasteiger partial charge >= 0.3 is 6.03 Å². The molecule has 0 bridgehead atoms. The van der Waals surface area contributed by atoms with Crippen LogP contribution in [0.4, 0.5) is 4.79 Å².